The lowest BCUT2D eigenvalue weighted by Gasteiger charge is -2.33. The van der Waals surface area contributed by atoms with Crippen molar-refractivity contribution < 1.29 is 13.6 Å². The first kappa shape index (κ1) is 22.8. The average Bonchev–Trinajstić information content (AvgIpc) is 3.44. The van der Waals surface area contributed by atoms with E-state index in [-0.39, 0.29) is 11.9 Å². The third-order valence-corrected chi connectivity index (χ3v) is 7.36. The summed E-state index contributed by atoms with van der Waals surface area (Å²) in [6.07, 6.45) is 10.4. The van der Waals surface area contributed by atoms with E-state index >= 15 is 0 Å². The van der Waals surface area contributed by atoms with Gasteiger partial charge in [0.1, 0.15) is 11.6 Å². The van der Waals surface area contributed by atoms with Crippen LogP contribution in [0.25, 0.3) is 17.0 Å². The maximum atomic E-state index is 13.3. The van der Waals surface area contributed by atoms with Crippen LogP contribution in [0.2, 0.25) is 0 Å². The summed E-state index contributed by atoms with van der Waals surface area (Å²) in [5, 5.41) is 4.41. The second kappa shape index (κ2) is 10.1. The number of para-hydroxylation sites is 1. The Morgan fingerprint density at radius 2 is 1.82 bits per heavy atom. The molecule has 1 saturated carbocycles. The molecule has 1 aliphatic carbocycles. The summed E-state index contributed by atoms with van der Waals surface area (Å²) >= 11 is 0. The molecule has 0 unspecified atom stereocenters. The predicted octanol–water partition coefficient (Wildman–Crippen LogP) is 5.62. The first-order chi connectivity index (χ1) is 16.5. The van der Waals surface area contributed by atoms with Crippen molar-refractivity contribution >= 4 is 22.9 Å². The third-order valence-electron chi connectivity index (χ3n) is 7.36. The molecule has 2 heterocycles. The molecule has 2 aliphatic rings. The number of rotatable bonds is 6. The van der Waals surface area contributed by atoms with Crippen molar-refractivity contribution in [3.8, 4) is 0 Å². The molecule has 0 spiro atoms. The molecule has 1 aliphatic heterocycles. The van der Waals surface area contributed by atoms with E-state index in [1.54, 1.807) is 0 Å². The molecule has 34 heavy (non-hydrogen) atoms. The fourth-order valence-electron chi connectivity index (χ4n) is 5.69. The van der Waals surface area contributed by atoms with Crippen molar-refractivity contribution in [3.05, 3.63) is 77.5 Å². The molecule has 1 saturated heterocycles. The summed E-state index contributed by atoms with van der Waals surface area (Å²) in [6, 6.07) is 11.9. The van der Waals surface area contributed by atoms with Crippen LogP contribution in [-0.4, -0.2) is 41.5 Å². The van der Waals surface area contributed by atoms with Crippen molar-refractivity contribution in [1.82, 2.24) is 15.2 Å². The normalized spacial score (nSPS) is 22.1. The minimum atomic E-state index is -0.649. The van der Waals surface area contributed by atoms with Gasteiger partial charge in [-0.3, -0.25) is 4.79 Å². The summed E-state index contributed by atoms with van der Waals surface area (Å²) < 4.78 is 26.6. The van der Waals surface area contributed by atoms with Gasteiger partial charge in [0.15, 0.2) is 0 Å². The van der Waals surface area contributed by atoms with Crippen LogP contribution >= 0.6 is 0 Å². The quantitative estimate of drug-likeness (QED) is 0.466. The maximum absolute atomic E-state index is 13.3. The van der Waals surface area contributed by atoms with Gasteiger partial charge < -0.3 is 15.2 Å². The van der Waals surface area contributed by atoms with Crippen LogP contribution in [0.3, 0.4) is 0 Å². The van der Waals surface area contributed by atoms with Crippen LogP contribution in [-0.2, 0) is 4.79 Å². The molecule has 0 bridgehead atoms. The van der Waals surface area contributed by atoms with Gasteiger partial charge in [-0.2, -0.15) is 0 Å². The van der Waals surface area contributed by atoms with E-state index < -0.39 is 11.6 Å². The van der Waals surface area contributed by atoms with Crippen LogP contribution in [0.5, 0.6) is 0 Å². The molecule has 178 valence electrons. The summed E-state index contributed by atoms with van der Waals surface area (Å²) in [5.41, 5.74) is 3.01. The number of nitrogens with one attached hydrogen (secondary N) is 2. The summed E-state index contributed by atoms with van der Waals surface area (Å²) in [4.78, 5) is 18.3. The zero-order chi connectivity index (χ0) is 23.5. The lowest BCUT2D eigenvalue weighted by Crippen LogP contribution is -2.37. The monoisotopic (exact) mass is 463 g/mol. The van der Waals surface area contributed by atoms with Crippen LogP contribution in [0.1, 0.15) is 49.1 Å². The number of carbonyl (C=O) groups is 1. The smallest absolute Gasteiger partial charge is 0.244 e. The van der Waals surface area contributed by atoms with Crippen molar-refractivity contribution in [2.45, 2.75) is 44.1 Å². The number of benzene rings is 2. The highest BCUT2D eigenvalue weighted by molar-refractivity contribution is 5.91. The van der Waals surface area contributed by atoms with Gasteiger partial charge in [0.05, 0.1) is 0 Å². The van der Waals surface area contributed by atoms with E-state index in [2.05, 4.69) is 45.7 Å². The van der Waals surface area contributed by atoms with E-state index in [4.69, 9.17) is 0 Å². The van der Waals surface area contributed by atoms with Gasteiger partial charge in [0.25, 0.3) is 0 Å². The number of halogens is 2. The van der Waals surface area contributed by atoms with Gasteiger partial charge in [0.2, 0.25) is 5.91 Å². The lowest BCUT2D eigenvalue weighted by molar-refractivity contribution is -0.117. The zero-order valence-corrected chi connectivity index (χ0v) is 19.3. The number of hydrogen-bond acceptors (Lipinski definition) is 2. The number of likely N-dealkylation sites (tertiary alicyclic amines) is 1. The Kier molecular flexibility index (Phi) is 6.77. The van der Waals surface area contributed by atoms with Crippen LogP contribution < -0.4 is 5.32 Å². The molecule has 3 aromatic rings. The number of H-pyrrole nitrogens is 1. The number of hydrogen-bond donors (Lipinski definition) is 2. The Balaban J connectivity index is 1.07. The molecular weight excluding hydrogens is 432 g/mol. The summed E-state index contributed by atoms with van der Waals surface area (Å²) in [7, 11) is 0. The van der Waals surface area contributed by atoms with Crippen LogP contribution in [0.4, 0.5) is 8.78 Å². The maximum Gasteiger partial charge on any atom is 0.244 e. The van der Waals surface area contributed by atoms with E-state index in [1.165, 1.54) is 53.6 Å². The average molecular weight is 464 g/mol. The Morgan fingerprint density at radius 1 is 1.06 bits per heavy atom. The first-order valence-corrected chi connectivity index (χ1v) is 12.3. The van der Waals surface area contributed by atoms with Crippen LogP contribution in [0.15, 0.2) is 54.7 Å². The van der Waals surface area contributed by atoms with Crippen molar-refractivity contribution in [3.63, 3.8) is 0 Å². The minimum absolute atomic E-state index is 0.162. The predicted molar refractivity (Wildman–Crippen MR) is 131 cm³/mol. The SMILES string of the molecule is O=C(/C=C/c1cc(F)cc(F)c1)N[C@H]1CC[C@@H](CN2CCC(c3c[nH]c4ccccc34)CC2)C1. The van der Waals surface area contributed by atoms with E-state index in [1.807, 2.05) is 0 Å². The molecular formula is C28H31F2N3O. The van der Waals surface area contributed by atoms with Gasteiger partial charge in [-0.25, -0.2) is 8.78 Å². The second-order valence-corrected chi connectivity index (χ2v) is 9.79. The van der Waals surface area contributed by atoms with E-state index in [0.29, 0.717) is 17.4 Å². The Morgan fingerprint density at radius 3 is 2.62 bits per heavy atom. The largest absolute Gasteiger partial charge is 0.361 e. The summed E-state index contributed by atoms with van der Waals surface area (Å²) in [5.74, 6) is -0.305. The molecule has 2 atom stereocenters. The van der Waals surface area contributed by atoms with Gasteiger partial charge in [-0.15, -0.1) is 0 Å². The van der Waals surface area contributed by atoms with E-state index in [0.717, 1.165) is 45.0 Å². The molecule has 5 rings (SSSR count). The highest BCUT2D eigenvalue weighted by Crippen LogP contribution is 2.34. The Hall–Kier alpha value is -2.99. The molecule has 6 heteroatoms. The molecule has 4 nitrogen and oxygen atoms in total. The third kappa shape index (κ3) is 5.39. The number of amides is 1. The van der Waals surface area contributed by atoms with Gasteiger partial charge >= 0.3 is 0 Å². The Labute approximate surface area is 199 Å². The number of aromatic nitrogens is 1. The van der Waals surface area contributed by atoms with Crippen molar-refractivity contribution in [2.24, 2.45) is 5.92 Å². The number of carbonyl (C=O) groups excluding carboxylic acids is 1. The molecule has 2 aromatic carbocycles. The van der Waals surface area contributed by atoms with E-state index in [9.17, 15) is 13.6 Å². The fourth-order valence-corrected chi connectivity index (χ4v) is 5.69. The molecule has 2 fully saturated rings. The molecule has 0 radical (unpaired) electrons. The number of piperidine rings is 1. The molecule has 1 amide bonds. The fraction of sp³-hybridized carbons (Fsp3) is 0.393. The number of nitrogens with zero attached hydrogens (tertiary/aromatic N) is 1. The van der Waals surface area contributed by atoms with Gasteiger partial charge in [-0.1, -0.05) is 18.2 Å². The second-order valence-electron chi connectivity index (χ2n) is 9.79. The Bertz CT molecular complexity index is 1160. The standard InChI is InChI=1S/C28H31F2N3O/c29-22-13-19(14-23(30)16-22)6-8-28(34)32-24-7-5-20(15-24)18-33-11-9-21(10-12-33)26-17-31-27-4-2-1-3-25(26)27/h1-4,6,8,13-14,16-17,20-21,24,31H,5,7,9-12,15,18H2,(H,32,34)/b8-6+/t20-,24+/m1/s1. The number of fused-ring (bicyclic) bond motifs is 1. The minimum Gasteiger partial charge on any atom is -0.361 e. The topological polar surface area (TPSA) is 48.1 Å². The van der Waals surface area contributed by atoms with Crippen molar-refractivity contribution in [1.29, 1.82) is 0 Å². The lowest BCUT2D eigenvalue weighted by atomic mass is 9.89. The highest BCUT2D eigenvalue weighted by atomic mass is 19.1. The van der Waals surface area contributed by atoms with Crippen molar-refractivity contribution in [2.75, 3.05) is 19.6 Å². The van der Waals surface area contributed by atoms with Gasteiger partial charge in [-0.05, 0) is 92.4 Å². The highest BCUT2D eigenvalue weighted by Gasteiger charge is 2.29. The zero-order valence-electron chi connectivity index (χ0n) is 19.3. The summed E-state index contributed by atoms with van der Waals surface area (Å²) in [6.45, 7) is 3.32. The van der Waals surface area contributed by atoms with Gasteiger partial charge in [0, 0.05) is 41.8 Å². The molecule has 2 N–H and O–H groups in total. The van der Waals surface area contributed by atoms with Crippen LogP contribution in [0, 0.1) is 17.6 Å². The number of aromatic amines is 1. The molecule has 1 aromatic heterocycles. The first-order valence-electron chi connectivity index (χ1n) is 12.3.